The van der Waals surface area contributed by atoms with Crippen molar-refractivity contribution in [1.82, 2.24) is 15.0 Å². The predicted molar refractivity (Wildman–Crippen MR) is 219 cm³/mol. The fourth-order valence-electron chi connectivity index (χ4n) is 8.44. The fraction of sp³-hybridized carbons (Fsp3) is 0.163. The van der Waals surface area contributed by atoms with Crippen LogP contribution in [0.15, 0.2) is 144 Å². The van der Waals surface area contributed by atoms with Crippen LogP contribution in [0.1, 0.15) is 51.7 Å². The first-order valence-electron chi connectivity index (χ1n) is 18.6. The molecule has 0 unspecified atom stereocenters. The van der Waals surface area contributed by atoms with Crippen LogP contribution in [0.3, 0.4) is 0 Å². The molecule has 0 aliphatic heterocycles. The molecule has 9 aromatic rings. The Labute approximate surface area is 309 Å². The Bertz CT molecular complexity index is 2900. The summed E-state index contributed by atoms with van der Waals surface area (Å²) in [6, 6.07) is 49.5. The Kier molecular flexibility index (Phi) is 6.97. The Balaban J connectivity index is 1.15. The summed E-state index contributed by atoms with van der Waals surface area (Å²) in [5.74, 6) is 1.88. The molecule has 1 aliphatic rings. The van der Waals surface area contributed by atoms with E-state index in [4.69, 9.17) is 19.4 Å². The highest BCUT2D eigenvalue weighted by Crippen LogP contribution is 2.47. The van der Waals surface area contributed by atoms with Crippen LogP contribution in [0.5, 0.6) is 0 Å². The SMILES string of the molecule is CC1(C)CCC(C)(C)c2cc(-c3ccc4ccc5ccc(-c6nc(-c7ccccc7)nc(-c7cccc8oc9ccccc9c78)n6)cc5c4c3)ccc21. The molecular weight excluding hydrogens is 647 g/mol. The van der Waals surface area contributed by atoms with Gasteiger partial charge >= 0.3 is 0 Å². The highest BCUT2D eigenvalue weighted by Gasteiger charge is 2.37. The number of nitrogens with zero attached hydrogens (tertiary/aromatic N) is 3. The number of hydrogen-bond acceptors (Lipinski definition) is 4. The molecule has 4 nitrogen and oxygen atoms in total. The van der Waals surface area contributed by atoms with E-state index in [1.807, 2.05) is 48.5 Å². The summed E-state index contributed by atoms with van der Waals surface area (Å²) in [5, 5.41) is 6.82. The van der Waals surface area contributed by atoms with Crippen LogP contribution in [0.25, 0.3) is 88.8 Å². The van der Waals surface area contributed by atoms with Crippen LogP contribution < -0.4 is 0 Å². The third-order valence-corrected chi connectivity index (χ3v) is 11.6. The topological polar surface area (TPSA) is 51.8 Å². The van der Waals surface area contributed by atoms with E-state index < -0.39 is 0 Å². The Morgan fingerprint density at radius 2 is 1.00 bits per heavy atom. The molecule has 0 fully saturated rings. The molecule has 4 heteroatoms. The zero-order chi connectivity index (χ0) is 35.9. The van der Waals surface area contributed by atoms with Crippen molar-refractivity contribution in [2.24, 2.45) is 0 Å². The van der Waals surface area contributed by atoms with E-state index >= 15 is 0 Å². The Morgan fingerprint density at radius 1 is 0.434 bits per heavy atom. The quantitative estimate of drug-likeness (QED) is 0.173. The second kappa shape index (κ2) is 11.7. The monoisotopic (exact) mass is 685 g/mol. The van der Waals surface area contributed by atoms with Crippen LogP contribution in [0, 0.1) is 0 Å². The van der Waals surface area contributed by atoms with E-state index in [9.17, 15) is 0 Å². The van der Waals surface area contributed by atoms with Gasteiger partial charge in [-0.2, -0.15) is 0 Å². The summed E-state index contributed by atoms with van der Waals surface area (Å²) in [6.45, 7) is 9.57. The van der Waals surface area contributed by atoms with E-state index in [1.165, 1.54) is 56.6 Å². The number of hydrogen-bond donors (Lipinski definition) is 0. The number of aromatic nitrogens is 3. The van der Waals surface area contributed by atoms with Crippen molar-refractivity contribution >= 4 is 43.5 Å². The maximum atomic E-state index is 6.25. The van der Waals surface area contributed by atoms with Crippen LogP contribution in [0.4, 0.5) is 0 Å². The minimum atomic E-state index is 0.150. The summed E-state index contributed by atoms with van der Waals surface area (Å²) in [4.78, 5) is 15.4. The first-order valence-corrected chi connectivity index (χ1v) is 18.6. The van der Waals surface area contributed by atoms with Gasteiger partial charge in [-0.1, -0.05) is 143 Å². The summed E-state index contributed by atoms with van der Waals surface area (Å²) < 4.78 is 6.25. The highest BCUT2D eigenvalue weighted by molar-refractivity contribution is 6.12. The number of furan rings is 1. The van der Waals surface area contributed by atoms with Crippen molar-refractivity contribution in [1.29, 1.82) is 0 Å². The van der Waals surface area contributed by atoms with E-state index in [1.54, 1.807) is 0 Å². The second-order valence-electron chi connectivity index (χ2n) is 15.9. The van der Waals surface area contributed by atoms with Crippen LogP contribution in [-0.4, -0.2) is 15.0 Å². The first kappa shape index (κ1) is 31.6. The molecule has 53 heavy (non-hydrogen) atoms. The second-order valence-corrected chi connectivity index (χ2v) is 15.9. The summed E-state index contributed by atoms with van der Waals surface area (Å²) in [6.07, 6.45) is 2.41. The van der Waals surface area contributed by atoms with Gasteiger partial charge in [0.25, 0.3) is 0 Å². The summed E-state index contributed by atoms with van der Waals surface area (Å²) in [5.41, 5.74) is 10.2. The van der Waals surface area contributed by atoms with Crippen molar-refractivity contribution < 1.29 is 4.42 Å². The van der Waals surface area contributed by atoms with E-state index in [0.29, 0.717) is 17.5 Å². The van der Waals surface area contributed by atoms with E-state index in [0.717, 1.165) is 38.6 Å². The maximum absolute atomic E-state index is 6.25. The van der Waals surface area contributed by atoms with Crippen LogP contribution in [0.2, 0.25) is 0 Å². The number of para-hydroxylation sites is 1. The lowest BCUT2D eigenvalue weighted by Gasteiger charge is -2.42. The largest absolute Gasteiger partial charge is 0.456 e. The molecule has 0 bridgehead atoms. The van der Waals surface area contributed by atoms with Crippen molar-refractivity contribution in [2.45, 2.75) is 51.4 Å². The van der Waals surface area contributed by atoms with Crippen molar-refractivity contribution in [3.63, 3.8) is 0 Å². The molecule has 256 valence electrons. The Morgan fingerprint density at radius 3 is 1.77 bits per heavy atom. The van der Waals surface area contributed by atoms with Gasteiger partial charge in [0.2, 0.25) is 0 Å². The standard InChI is InChI=1S/C49H39N3O/c1-48(2)25-26-49(3,4)41-29-34(23-24-40(41)48)33-21-19-30-17-18-31-20-22-35(28-39(31)38(30)27-33)46-50-45(32-11-6-5-7-12-32)51-47(52-46)37-14-10-16-43-44(37)36-13-8-9-15-42(36)53-43/h5-24,27-29H,25-26H2,1-4H3. The predicted octanol–water partition coefficient (Wildman–Crippen LogP) is 13.1. The molecular formula is C49H39N3O. The van der Waals surface area contributed by atoms with Crippen molar-refractivity contribution in [3.8, 4) is 45.3 Å². The zero-order valence-electron chi connectivity index (χ0n) is 30.4. The zero-order valence-corrected chi connectivity index (χ0v) is 30.4. The minimum Gasteiger partial charge on any atom is -0.456 e. The van der Waals surface area contributed by atoms with Crippen LogP contribution in [-0.2, 0) is 10.8 Å². The van der Waals surface area contributed by atoms with Gasteiger partial charge in [-0.05, 0) is 91.7 Å². The number of rotatable bonds is 4. The van der Waals surface area contributed by atoms with Gasteiger partial charge in [-0.25, -0.2) is 15.0 Å². The van der Waals surface area contributed by atoms with Crippen LogP contribution >= 0.6 is 0 Å². The lowest BCUT2D eigenvalue weighted by atomic mass is 9.63. The molecule has 1 aliphatic carbocycles. The molecule has 0 N–H and O–H groups in total. The molecule has 7 aromatic carbocycles. The molecule has 2 heterocycles. The van der Waals surface area contributed by atoms with Gasteiger partial charge in [0.1, 0.15) is 11.2 Å². The molecule has 0 spiro atoms. The molecule has 0 atom stereocenters. The molecule has 0 amide bonds. The molecule has 0 saturated heterocycles. The number of fused-ring (bicyclic) bond motifs is 7. The first-order chi connectivity index (χ1) is 25.7. The maximum Gasteiger partial charge on any atom is 0.164 e. The lowest BCUT2D eigenvalue weighted by molar-refractivity contribution is 0.332. The molecule has 2 aromatic heterocycles. The average Bonchev–Trinajstić information content (AvgIpc) is 3.58. The van der Waals surface area contributed by atoms with Crippen molar-refractivity contribution in [2.75, 3.05) is 0 Å². The molecule has 10 rings (SSSR count). The van der Waals surface area contributed by atoms with E-state index in [2.05, 4.69) is 119 Å². The third-order valence-electron chi connectivity index (χ3n) is 11.6. The van der Waals surface area contributed by atoms with Gasteiger partial charge in [0, 0.05) is 27.5 Å². The van der Waals surface area contributed by atoms with Gasteiger partial charge in [0.05, 0.1) is 0 Å². The third kappa shape index (κ3) is 5.23. The molecule has 0 radical (unpaired) electrons. The molecule has 0 saturated carbocycles. The Hall–Kier alpha value is -6.13. The fourth-order valence-corrected chi connectivity index (χ4v) is 8.44. The normalized spacial score (nSPS) is 14.9. The van der Waals surface area contributed by atoms with E-state index in [-0.39, 0.29) is 10.8 Å². The van der Waals surface area contributed by atoms with Gasteiger partial charge < -0.3 is 4.42 Å². The van der Waals surface area contributed by atoms with Gasteiger partial charge in [-0.15, -0.1) is 0 Å². The van der Waals surface area contributed by atoms with Gasteiger partial charge in [-0.3, -0.25) is 0 Å². The number of benzene rings is 7. The van der Waals surface area contributed by atoms with Gasteiger partial charge in [0.15, 0.2) is 17.5 Å². The summed E-state index contributed by atoms with van der Waals surface area (Å²) >= 11 is 0. The van der Waals surface area contributed by atoms with Crippen molar-refractivity contribution in [3.05, 3.63) is 151 Å². The smallest absolute Gasteiger partial charge is 0.164 e. The lowest BCUT2D eigenvalue weighted by Crippen LogP contribution is -2.33. The summed E-state index contributed by atoms with van der Waals surface area (Å²) in [7, 11) is 0. The minimum absolute atomic E-state index is 0.150. The average molecular weight is 686 g/mol. The highest BCUT2D eigenvalue weighted by atomic mass is 16.3.